The fourth-order valence-electron chi connectivity index (χ4n) is 2.21. The number of para-hydroxylation sites is 1. The van der Waals surface area contributed by atoms with Gasteiger partial charge in [0, 0.05) is 18.8 Å². The molecule has 1 saturated heterocycles. The van der Waals surface area contributed by atoms with Crippen LogP contribution in [0.5, 0.6) is 0 Å². The van der Waals surface area contributed by atoms with Gasteiger partial charge in [-0.3, -0.25) is 0 Å². The number of amides is 2. The van der Waals surface area contributed by atoms with Crippen LogP contribution >= 0.6 is 17.0 Å². The van der Waals surface area contributed by atoms with Crippen LogP contribution in [0.15, 0.2) is 30.3 Å². The van der Waals surface area contributed by atoms with Gasteiger partial charge in [0.15, 0.2) is 0 Å². The summed E-state index contributed by atoms with van der Waals surface area (Å²) in [6, 6.07) is 9.37. The molecule has 1 fully saturated rings. The first kappa shape index (κ1) is 16.0. The first-order valence-corrected chi connectivity index (χ1v) is 6.67. The molecule has 1 aliphatic heterocycles. The zero-order valence-corrected chi connectivity index (χ0v) is 12.8. The average molecular weight is 328 g/mol. The largest absolute Gasteiger partial charge is 0.337 e. The number of likely N-dealkylation sites (tertiary alicyclic amines) is 1. The number of carbonyl (C=O) groups excluding carboxylic acids is 1. The second-order valence-corrected chi connectivity index (χ2v) is 4.65. The maximum Gasteiger partial charge on any atom is 0.319 e. The Bertz CT molecular complexity index is 366. The van der Waals surface area contributed by atoms with Gasteiger partial charge in [-0.1, -0.05) is 24.6 Å². The van der Waals surface area contributed by atoms with Crippen molar-refractivity contribution in [2.45, 2.75) is 19.3 Å². The van der Waals surface area contributed by atoms with Gasteiger partial charge in [-0.05, 0) is 38.1 Å². The fraction of sp³-hybridized carbons (Fsp3) is 0.500. The quantitative estimate of drug-likeness (QED) is 0.893. The van der Waals surface area contributed by atoms with E-state index in [9.17, 15) is 4.79 Å². The number of anilines is 1. The molecule has 0 spiro atoms. The van der Waals surface area contributed by atoms with Gasteiger partial charge in [0.1, 0.15) is 0 Å². The Hall–Kier alpha value is -1.07. The zero-order chi connectivity index (χ0) is 12.6. The number of nitrogens with one attached hydrogen (secondary N) is 2. The van der Waals surface area contributed by atoms with Crippen LogP contribution in [0.25, 0.3) is 0 Å². The highest BCUT2D eigenvalue weighted by Gasteiger charge is 2.09. The molecule has 1 aromatic carbocycles. The van der Waals surface area contributed by atoms with E-state index in [2.05, 4.69) is 15.5 Å². The minimum absolute atomic E-state index is 0. The predicted molar refractivity (Wildman–Crippen MR) is 84.1 cm³/mol. The number of piperidine rings is 1. The van der Waals surface area contributed by atoms with Crippen molar-refractivity contribution in [3.05, 3.63) is 30.3 Å². The van der Waals surface area contributed by atoms with E-state index in [4.69, 9.17) is 0 Å². The highest BCUT2D eigenvalue weighted by atomic mass is 79.9. The highest BCUT2D eigenvalue weighted by molar-refractivity contribution is 8.93. The predicted octanol–water partition coefficient (Wildman–Crippen LogP) is 2.87. The minimum Gasteiger partial charge on any atom is -0.337 e. The molecular weight excluding hydrogens is 306 g/mol. The van der Waals surface area contributed by atoms with Crippen molar-refractivity contribution < 1.29 is 4.79 Å². The lowest BCUT2D eigenvalue weighted by Gasteiger charge is -2.26. The average Bonchev–Trinajstić information content (AvgIpc) is 2.41. The Balaban J connectivity index is 0.00000180. The van der Waals surface area contributed by atoms with E-state index in [1.54, 1.807) is 0 Å². The van der Waals surface area contributed by atoms with Gasteiger partial charge >= 0.3 is 6.03 Å². The molecule has 2 N–H and O–H groups in total. The molecule has 0 saturated carbocycles. The number of benzene rings is 1. The van der Waals surface area contributed by atoms with Crippen molar-refractivity contribution in [1.82, 2.24) is 10.2 Å². The third-order valence-corrected chi connectivity index (χ3v) is 3.19. The second kappa shape index (κ2) is 8.93. The third kappa shape index (κ3) is 6.07. The molecule has 0 radical (unpaired) electrons. The minimum atomic E-state index is -0.127. The Morgan fingerprint density at radius 1 is 1.11 bits per heavy atom. The van der Waals surface area contributed by atoms with Crippen LogP contribution in [-0.2, 0) is 0 Å². The third-order valence-electron chi connectivity index (χ3n) is 3.19. The Morgan fingerprint density at radius 2 is 1.79 bits per heavy atom. The Kier molecular flexibility index (Phi) is 7.52. The molecule has 2 amide bonds. The summed E-state index contributed by atoms with van der Waals surface area (Å²) in [5.74, 6) is 0. The number of hydrogen-bond donors (Lipinski definition) is 2. The number of rotatable bonds is 4. The molecule has 1 aliphatic rings. The van der Waals surface area contributed by atoms with Crippen molar-refractivity contribution in [3.63, 3.8) is 0 Å². The molecule has 19 heavy (non-hydrogen) atoms. The van der Waals surface area contributed by atoms with E-state index in [1.807, 2.05) is 30.3 Å². The lowest BCUT2D eigenvalue weighted by molar-refractivity contribution is 0.224. The van der Waals surface area contributed by atoms with Crippen LogP contribution in [0, 0.1) is 0 Å². The normalized spacial score (nSPS) is 15.4. The van der Waals surface area contributed by atoms with Crippen LogP contribution < -0.4 is 10.6 Å². The lowest BCUT2D eigenvalue weighted by Crippen LogP contribution is -2.39. The van der Waals surface area contributed by atoms with Gasteiger partial charge in [-0.25, -0.2) is 4.79 Å². The van der Waals surface area contributed by atoms with Crippen molar-refractivity contribution in [2.24, 2.45) is 0 Å². The Morgan fingerprint density at radius 3 is 2.47 bits per heavy atom. The smallest absolute Gasteiger partial charge is 0.319 e. The number of nitrogens with zero attached hydrogens (tertiary/aromatic N) is 1. The molecule has 4 nitrogen and oxygen atoms in total. The van der Waals surface area contributed by atoms with Crippen LogP contribution in [0.3, 0.4) is 0 Å². The van der Waals surface area contributed by atoms with Gasteiger partial charge in [0.05, 0.1) is 0 Å². The summed E-state index contributed by atoms with van der Waals surface area (Å²) in [6.45, 7) is 3.99. The molecular formula is C14H22BrN3O. The zero-order valence-electron chi connectivity index (χ0n) is 11.1. The van der Waals surface area contributed by atoms with Gasteiger partial charge < -0.3 is 15.5 Å². The Labute approximate surface area is 125 Å². The molecule has 0 aromatic heterocycles. The second-order valence-electron chi connectivity index (χ2n) is 4.65. The van der Waals surface area contributed by atoms with E-state index < -0.39 is 0 Å². The first-order valence-electron chi connectivity index (χ1n) is 6.67. The SMILES string of the molecule is Br.O=C(NCCN1CCCCC1)Nc1ccccc1. The van der Waals surface area contributed by atoms with Gasteiger partial charge in [-0.15, -0.1) is 17.0 Å². The van der Waals surface area contributed by atoms with E-state index >= 15 is 0 Å². The molecule has 2 rings (SSSR count). The summed E-state index contributed by atoms with van der Waals surface area (Å²) in [6.07, 6.45) is 3.92. The molecule has 106 valence electrons. The molecule has 1 heterocycles. The van der Waals surface area contributed by atoms with E-state index in [0.29, 0.717) is 6.54 Å². The van der Waals surface area contributed by atoms with E-state index in [0.717, 1.165) is 12.2 Å². The van der Waals surface area contributed by atoms with Crippen LogP contribution in [0.1, 0.15) is 19.3 Å². The molecule has 0 aliphatic carbocycles. The van der Waals surface area contributed by atoms with Crippen molar-refractivity contribution in [2.75, 3.05) is 31.5 Å². The summed E-state index contributed by atoms with van der Waals surface area (Å²) >= 11 is 0. The molecule has 5 heteroatoms. The maximum absolute atomic E-state index is 11.6. The number of carbonyl (C=O) groups is 1. The van der Waals surface area contributed by atoms with Gasteiger partial charge in [-0.2, -0.15) is 0 Å². The summed E-state index contributed by atoms with van der Waals surface area (Å²) in [5.41, 5.74) is 0.827. The topological polar surface area (TPSA) is 44.4 Å². The summed E-state index contributed by atoms with van der Waals surface area (Å²) in [4.78, 5) is 14.0. The summed E-state index contributed by atoms with van der Waals surface area (Å²) in [5, 5.41) is 5.70. The number of urea groups is 1. The molecule has 0 unspecified atom stereocenters. The van der Waals surface area contributed by atoms with E-state index in [1.165, 1.54) is 32.4 Å². The van der Waals surface area contributed by atoms with Crippen molar-refractivity contribution >= 4 is 28.7 Å². The van der Waals surface area contributed by atoms with Crippen LogP contribution in [0.2, 0.25) is 0 Å². The van der Waals surface area contributed by atoms with E-state index in [-0.39, 0.29) is 23.0 Å². The molecule has 1 aromatic rings. The number of halogens is 1. The molecule has 0 bridgehead atoms. The fourth-order valence-corrected chi connectivity index (χ4v) is 2.21. The van der Waals surface area contributed by atoms with Crippen LogP contribution in [0.4, 0.5) is 10.5 Å². The monoisotopic (exact) mass is 327 g/mol. The summed E-state index contributed by atoms with van der Waals surface area (Å²) in [7, 11) is 0. The lowest BCUT2D eigenvalue weighted by atomic mass is 10.1. The van der Waals surface area contributed by atoms with Crippen molar-refractivity contribution in [3.8, 4) is 0 Å². The van der Waals surface area contributed by atoms with Gasteiger partial charge in [0.2, 0.25) is 0 Å². The first-order chi connectivity index (χ1) is 8.84. The van der Waals surface area contributed by atoms with Crippen LogP contribution in [-0.4, -0.2) is 37.1 Å². The number of hydrogen-bond acceptors (Lipinski definition) is 2. The molecule has 0 atom stereocenters. The standard InChI is InChI=1S/C14H21N3O.BrH/c18-14(16-13-7-3-1-4-8-13)15-9-12-17-10-5-2-6-11-17;/h1,3-4,7-8H,2,5-6,9-12H2,(H2,15,16,18);1H. The summed E-state index contributed by atoms with van der Waals surface area (Å²) < 4.78 is 0. The maximum atomic E-state index is 11.6. The highest BCUT2D eigenvalue weighted by Crippen LogP contribution is 2.07. The van der Waals surface area contributed by atoms with Crippen molar-refractivity contribution in [1.29, 1.82) is 0 Å². The van der Waals surface area contributed by atoms with Gasteiger partial charge in [0.25, 0.3) is 0 Å².